The van der Waals surface area contributed by atoms with Crippen LogP contribution in [0.25, 0.3) is 0 Å². The lowest BCUT2D eigenvalue weighted by atomic mass is 10.1. The molecule has 0 fully saturated rings. The third-order valence-electron chi connectivity index (χ3n) is 5.59. The van der Waals surface area contributed by atoms with Crippen molar-refractivity contribution in [1.82, 2.24) is 10.1 Å². The molecule has 6 rings (SSSR count). The zero-order valence-electron chi connectivity index (χ0n) is 24.7. The Hall–Kier alpha value is -4.55. The molecule has 0 atom stereocenters. The van der Waals surface area contributed by atoms with E-state index >= 15 is 0 Å². The lowest BCUT2D eigenvalue weighted by molar-refractivity contribution is -0.167. The predicted molar refractivity (Wildman–Crippen MR) is 177 cm³/mol. The molecule has 47 heavy (non-hydrogen) atoms. The molecule has 0 spiro atoms. The van der Waals surface area contributed by atoms with E-state index in [1.807, 2.05) is 27.6 Å². The molecule has 16 heteroatoms. The number of nitrogens with zero attached hydrogens (tertiary/aromatic N) is 2. The van der Waals surface area contributed by atoms with Gasteiger partial charge in [-0.3, -0.25) is 29.2 Å². The second-order valence-electron chi connectivity index (χ2n) is 8.64. The van der Waals surface area contributed by atoms with Gasteiger partial charge in [-0.05, 0) is 69.0 Å². The number of carbonyl (C=O) groups excluding carboxylic acids is 5. The first-order valence-corrected chi connectivity index (χ1v) is 15.9. The summed E-state index contributed by atoms with van der Waals surface area (Å²) in [6, 6.07) is 16.3. The molecule has 2 aliphatic rings. The highest BCUT2D eigenvalue weighted by atomic mass is 35.6. The number of thiophene rings is 2. The summed E-state index contributed by atoms with van der Waals surface area (Å²) in [4.78, 5) is 72.8. The van der Waals surface area contributed by atoms with Gasteiger partial charge in [-0.15, -0.1) is 17.9 Å². The van der Waals surface area contributed by atoms with E-state index in [-0.39, 0.29) is 40.2 Å². The molecule has 0 radical (unpaired) electrons. The molecule has 11 nitrogen and oxygen atoms in total. The highest BCUT2D eigenvalue weighted by Crippen LogP contribution is 2.23. The second kappa shape index (κ2) is 19.2. The van der Waals surface area contributed by atoms with E-state index in [2.05, 4.69) is 6.42 Å². The summed E-state index contributed by atoms with van der Waals surface area (Å²) in [5.41, 5.74) is 2.68. The third-order valence-corrected chi connectivity index (χ3v) is 7.05. The lowest BCUT2D eigenvalue weighted by Crippen LogP contribution is -2.33. The Morgan fingerprint density at radius 3 is 1.47 bits per heavy atom. The first kappa shape index (κ1) is 36.9. The van der Waals surface area contributed by atoms with E-state index in [0.717, 1.165) is 11.1 Å². The van der Waals surface area contributed by atoms with Gasteiger partial charge < -0.3 is 9.94 Å². The van der Waals surface area contributed by atoms with E-state index in [1.54, 1.807) is 30.3 Å². The number of hydrogen-bond acceptors (Lipinski definition) is 10. The second-order valence-corrected chi connectivity index (χ2v) is 12.2. The van der Waals surface area contributed by atoms with Gasteiger partial charge in [0.15, 0.2) is 4.30 Å². The van der Waals surface area contributed by atoms with Crippen molar-refractivity contribution in [2.75, 3.05) is 0 Å². The molecule has 0 unspecified atom stereocenters. The quantitative estimate of drug-likeness (QED) is 0.103. The summed E-state index contributed by atoms with van der Waals surface area (Å²) in [7, 11) is 0. The van der Waals surface area contributed by atoms with Gasteiger partial charge >= 0.3 is 11.9 Å². The smallest absolute Gasteiger partial charge is 0.337 e. The van der Waals surface area contributed by atoms with Crippen molar-refractivity contribution in [3.63, 3.8) is 0 Å². The fourth-order valence-corrected chi connectivity index (χ4v) is 5.03. The average molecular weight is 739 g/mol. The minimum absolute atomic E-state index is 0.0247. The number of rotatable bonds is 5. The van der Waals surface area contributed by atoms with Gasteiger partial charge in [0.05, 0.1) is 35.1 Å². The van der Waals surface area contributed by atoms with Crippen LogP contribution >= 0.6 is 57.5 Å². The molecule has 244 valence electrons. The van der Waals surface area contributed by atoms with Crippen molar-refractivity contribution in [3.05, 3.63) is 116 Å². The van der Waals surface area contributed by atoms with Gasteiger partial charge in [0.25, 0.3) is 23.6 Å². The molecule has 2 aliphatic heterocycles. The maximum atomic E-state index is 12.0. The third kappa shape index (κ3) is 11.3. The lowest BCUT2D eigenvalue weighted by Gasteiger charge is -2.12. The molecular weight excluding hydrogens is 715 g/mol. The normalized spacial score (nSPS) is 12.4. The fraction of sp³-hybridized carbons (Fsp3) is 0.0968. The van der Waals surface area contributed by atoms with Crippen molar-refractivity contribution < 1.29 is 45.3 Å². The monoisotopic (exact) mass is 737 g/mol. The van der Waals surface area contributed by atoms with Crippen molar-refractivity contribution in [1.29, 1.82) is 0 Å². The Morgan fingerprint density at radius 2 is 1.13 bits per heavy atom. The van der Waals surface area contributed by atoms with Crippen LogP contribution in [-0.2, 0) is 27.3 Å². The zero-order chi connectivity index (χ0) is 35.8. The van der Waals surface area contributed by atoms with Crippen LogP contribution in [0.2, 0.25) is 0 Å². The van der Waals surface area contributed by atoms with Gasteiger partial charge in [0, 0.05) is 0 Å². The van der Waals surface area contributed by atoms with Crippen LogP contribution in [0.4, 0.5) is 0 Å². The van der Waals surface area contributed by atoms with E-state index in [1.165, 1.54) is 53.3 Å². The molecule has 0 saturated heterocycles. The van der Waals surface area contributed by atoms with E-state index < -0.39 is 39.9 Å². The van der Waals surface area contributed by atoms with Crippen molar-refractivity contribution in [2.45, 2.75) is 17.1 Å². The van der Waals surface area contributed by atoms with Crippen LogP contribution < -0.4 is 0 Å². The summed E-state index contributed by atoms with van der Waals surface area (Å²) in [5, 5.41) is 25.2. The standard InChI is InChI=1S/C14H9NO4S.C8H5NO3.C6H6O2S.C2H2.CHCl3/c16-12(7-9-5-6-20-8-9)19-15-13(17)10-3-1-2-4-11(10)14(15)18;10-7-5-3-1-2-4-6(5)8(11)9(7)12;7-6(8)3-5-1-2-9-4-5;1-2;2-1(3)4/h1-6,8H,7H2;1-4,12H;1-2,4H,3H2,(H,7,8);1-2H;1H/i;;;1D;. The van der Waals surface area contributed by atoms with Crippen LogP contribution in [0.3, 0.4) is 0 Å². The molecule has 4 aromatic rings. The Labute approximate surface area is 292 Å². The Kier molecular flexibility index (Phi) is 15.1. The molecule has 0 aliphatic carbocycles. The number of hydrogen-bond donors (Lipinski definition) is 2. The van der Waals surface area contributed by atoms with Crippen LogP contribution in [0.5, 0.6) is 0 Å². The van der Waals surface area contributed by atoms with Crippen LogP contribution in [0, 0.1) is 12.8 Å². The summed E-state index contributed by atoms with van der Waals surface area (Å²) >= 11 is 17.4. The first-order valence-electron chi connectivity index (χ1n) is 13.2. The molecule has 0 bridgehead atoms. The number of amides is 4. The Balaban J connectivity index is 0.000000243. The van der Waals surface area contributed by atoms with Gasteiger partial charge in [-0.25, -0.2) is 4.79 Å². The summed E-state index contributed by atoms with van der Waals surface area (Å²) in [6.45, 7) is 0. The van der Waals surface area contributed by atoms with Crippen LogP contribution in [-0.4, -0.2) is 60.3 Å². The summed E-state index contributed by atoms with van der Waals surface area (Å²) in [5.74, 6) is -3.94. The number of carboxylic acid groups (broad SMARTS) is 1. The number of hydroxylamine groups is 4. The maximum Gasteiger partial charge on any atom is 0.337 e. The number of aliphatic carboxylic acids is 1. The average Bonchev–Trinajstić information content (AvgIpc) is 3.84. The number of fused-ring (bicyclic) bond motifs is 2. The highest BCUT2D eigenvalue weighted by molar-refractivity contribution is 7.08. The number of carbonyl (C=O) groups is 6. The number of carboxylic acids is 1. The SMILES string of the molecule is ClC(Cl)Cl.O=C(Cc1ccsc1)ON1C(=O)c2ccccc2C1=O.O=C(O)Cc1ccsc1.O=C1c2ccccc2C(=O)N1O.[2H]C#C. The minimum Gasteiger partial charge on any atom is -0.481 e. The maximum absolute atomic E-state index is 12.0. The molecule has 2 N–H and O–H groups in total. The van der Waals surface area contributed by atoms with Crippen molar-refractivity contribution in [3.8, 4) is 12.8 Å². The van der Waals surface area contributed by atoms with Gasteiger partial charge in [-0.1, -0.05) is 64.1 Å². The van der Waals surface area contributed by atoms with E-state index in [0.29, 0.717) is 5.06 Å². The molecule has 2 aromatic carbocycles. The van der Waals surface area contributed by atoms with E-state index in [9.17, 15) is 28.8 Å². The first-order chi connectivity index (χ1) is 22.8. The molecule has 2 aromatic heterocycles. The topological polar surface area (TPSA) is 159 Å². The molecule has 4 heterocycles. The zero-order valence-corrected chi connectivity index (χ0v) is 27.6. The number of terminal acetylenes is 1. The minimum atomic E-state index is -0.770. The van der Waals surface area contributed by atoms with E-state index in [4.69, 9.17) is 51.3 Å². The summed E-state index contributed by atoms with van der Waals surface area (Å²) < 4.78 is 4.99. The van der Waals surface area contributed by atoms with Gasteiger partial charge in [0.1, 0.15) is 1.37 Å². The number of halogens is 3. The number of alkyl halides is 3. The fourth-order valence-electron chi connectivity index (χ4n) is 3.69. The van der Waals surface area contributed by atoms with Crippen molar-refractivity contribution in [2.24, 2.45) is 0 Å². The molecule has 4 amide bonds. The van der Waals surface area contributed by atoms with Crippen LogP contribution in [0.15, 0.2) is 82.2 Å². The Bertz CT molecular complexity index is 1710. The predicted octanol–water partition coefficient (Wildman–Crippen LogP) is 6.33. The van der Waals surface area contributed by atoms with Crippen molar-refractivity contribution >= 4 is 93.0 Å². The van der Waals surface area contributed by atoms with Gasteiger partial charge in [0.2, 0.25) is 0 Å². The van der Waals surface area contributed by atoms with Gasteiger partial charge in [-0.2, -0.15) is 22.7 Å². The summed E-state index contributed by atoms with van der Waals surface area (Å²) in [6.07, 6.45) is 5.93. The largest absolute Gasteiger partial charge is 0.481 e. The number of benzene rings is 2. The Morgan fingerprint density at radius 1 is 0.766 bits per heavy atom. The molecular formula is C31H23Cl3N2O9S2. The number of imide groups is 2. The highest BCUT2D eigenvalue weighted by Gasteiger charge is 2.38. The van der Waals surface area contributed by atoms with Crippen LogP contribution in [0.1, 0.15) is 53.9 Å². The molecule has 0 saturated carbocycles.